The van der Waals surface area contributed by atoms with E-state index in [2.05, 4.69) is 12.2 Å². The molecule has 1 aliphatic heterocycles. The molecule has 2 amide bonds. The van der Waals surface area contributed by atoms with Crippen molar-refractivity contribution in [3.63, 3.8) is 0 Å². The second-order valence-corrected chi connectivity index (χ2v) is 5.06. The lowest BCUT2D eigenvalue weighted by Gasteiger charge is -2.35. The van der Waals surface area contributed by atoms with Gasteiger partial charge in [-0.3, -0.25) is 9.59 Å². The fraction of sp³-hybridized carbons (Fsp3) is 0.727. The van der Waals surface area contributed by atoms with Gasteiger partial charge in [-0.25, -0.2) is 0 Å². The summed E-state index contributed by atoms with van der Waals surface area (Å²) in [7, 11) is 0. The first-order valence-corrected chi connectivity index (χ1v) is 6.49. The van der Waals surface area contributed by atoms with E-state index in [4.69, 9.17) is 5.73 Å². The SMILES string of the molecule is CCCN1CC(=O)N(CC(C(N)=S)C(F)(F)F)CC1=O. The predicted molar refractivity (Wildman–Crippen MR) is 69.8 cm³/mol. The lowest BCUT2D eigenvalue weighted by atomic mass is 10.1. The highest BCUT2D eigenvalue weighted by molar-refractivity contribution is 7.80. The van der Waals surface area contributed by atoms with E-state index in [1.165, 1.54) is 4.90 Å². The number of nitrogens with zero attached hydrogens (tertiary/aromatic N) is 2. The molecule has 2 N–H and O–H groups in total. The Kier molecular flexibility index (Phi) is 5.32. The maximum atomic E-state index is 12.7. The molecule has 0 aliphatic carbocycles. The van der Waals surface area contributed by atoms with Crippen molar-refractivity contribution in [2.24, 2.45) is 11.7 Å². The molecule has 1 unspecified atom stereocenters. The number of alkyl halides is 3. The molecule has 0 aromatic rings. The molecule has 1 heterocycles. The Morgan fingerprint density at radius 2 is 1.80 bits per heavy atom. The van der Waals surface area contributed by atoms with Crippen LogP contribution in [0.5, 0.6) is 0 Å². The molecule has 114 valence electrons. The predicted octanol–water partition coefficient (Wildman–Crippen LogP) is 0.532. The minimum Gasteiger partial charge on any atom is -0.393 e. The number of hydrogen-bond acceptors (Lipinski definition) is 3. The first-order valence-electron chi connectivity index (χ1n) is 6.08. The number of halogens is 3. The van der Waals surface area contributed by atoms with Crippen LogP contribution >= 0.6 is 12.2 Å². The normalized spacial score (nSPS) is 18.4. The highest BCUT2D eigenvalue weighted by Gasteiger charge is 2.44. The minimum absolute atomic E-state index is 0.200. The topological polar surface area (TPSA) is 66.6 Å². The van der Waals surface area contributed by atoms with Crippen molar-refractivity contribution in [3.8, 4) is 0 Å². The summed E-state index contributed by atoms with van der Waals surface area (Å²) in [6.07, 6.45) is -3.95. The molecule has 0 aromatic carbocycles. The average Bonchev–Trinajstić information content (AvgIpc) is 2.29. The Labute approximate surface area is 119 Å². The molecule has 0 bridgehead atoms. The molecule has 0 radical (unpaired) electrons. The Bertz CT molecular complexity index is 414. The summed E-state index contributed by atoms with van der Waals surface area (Å²) in [6, 6.07) is 0. The van der Waals surface area contributed by atoms with Crippen LogP contribution in [-0.4, -0.2) is 59.0 Å². The third-order valence-corrected chi connectivity index (χ3v) is 3.28. The van der Waals surface area contributed by atoms with Crippen LogP contribution in [0.2, 0.25) is 0 Å². The van der Waals surface area contributed by atoms with E-state index in [1.54, 1.807) is 0 Å². The highest BCUT2D eigenvalue weighted by Crippen LogP contribution is 2.27. The van der Waals surface area contributed by atoms with Crippen molar-refractivity contribution in [3.05, 3.63) is 0 Å². The van der Waals surface area contributed by atoms with E-state index >= 15 is 0 Å². The van der Waals surface area contributed by atoms with E-state index < -0.39 is 29.5 Å². The third-order valence-electron chi connectivity index (χ3n) is 2.99. The smallest absolute Gasteiger partial charge is 0.393 e. The fourth-order valence-corrected chi connectivity index (χ4v) is 2.13. The van der Waals surface area contributed by atoms with E-state index in [0.717, 1.165) is 4.90 Å². The Morgan fingerprint density at radius 3 is 2.25 bits per heavy atom. The molecule has 1 atom stereocenters. The van der Waals surface area contributed by atoms with Gasteiger partial charge in [0.05, 0.1) is 18.1 Å². The van der Waals surface area contributed by atoms with E-state index in [0.29, 0.717) is 13.0 Å². The molecule has 1 aliphatic rings. The van der Waals surface area contributed by atoms with Gasteiger partial charge in [0.2, 0.25) is 11.8 Å². The van der Waals surface area contributed by atoms with Crippen molar-refractivity contribution >= 4 is 29.0 Å². The van der Waals surface area contributed by atoms with Crippen LogP contribution in [0.25, 0.3) is 0 Å². The number of piperazine rings is 1. The molecule has 1 rings (SSSR count). The molecule has 1 saturated heterocycles. The molecule has 1 fully saturated rings. The van der Waals surface area contributed by atoms with Gasteiger partial charge >= 0.3 is 6.18 Å². The third kappa shape index (κ3) is 4.06. The molecular formula is C11H16F3N3O2S. The first-order chi connectivity index (χ1) is 9.16. The van der Waals surface area contributed by atoms with Crippen LogP contribution in [-0.2, 0) is 9.59 Å². The van der Waals surface area contributed by atoms with Crippen molar-refractivity contribution in [2.75, 3.05) is 26.2 Å². The largest absolute Gasteiger partial charge is 0.399 e. The molecule has 9 heteroatoms. The van der Waals surface area contributed by atoms with Gasteiger partial charge in [-0.2, -0.15) is 13.2 Å². The van der Waals surface area contributed by atoms with Crippen molar-refractivity contribution in [2.45, 2.75) is 19.5 Å². The van der Waals surface area contributed by atoms with Gasteiger partial charge < -0.3 is 15.5 Å². The van der Waals surface area contributed by atoms with Crippen molar-refractivity contribution in [1.29, 1.82) is 0 Å². The van der Waals surface area contributed by atoms with Gasteiger partial charge in [-0.15, -0.1) is 0 Å². The molecule has 20 heavy (non-hydrogen) atoms. The summed E-state index contributed by atoms with van der Waals surface area (Å²) in [5.41, 5.74) is 5.07. The maximum Gasteiger partial charge on any atom is 0.399 e. The van der Waals surface area contributed by atoms with Gasteiger partial charge in [-0.05, 0) is 6.42 Å². The van der Waals surface area contributed by atoms with Gasteiger partial charge in [0.25, 0.3) is 0 Å². The zero-order chi connectivity index (χ0) is 15.5. The number of nitrogens with two attached hydrogens (primary N) is 1. The molecular weight excluding hydrogens is 295 g/mol. The van der Waals surface area contributed by atoms with Gasteiger partial charge in [0.1, 0.15) is 5.92 Å². The van der Waals surface area contributed by atoms with Crippen molar-refractivity contribution in [1.82, 2.24) is 9.80 Å². The highest BCUT2D eigenvalue weighted by atomic mass is 32.1. The van der Waals surface area contributed by atoms with E-state index in [1.807, 2.05) is 6.92 Å². The Morgan fingerprint density at radius 1 is 1.30 bits per heavy atom. The lowest BCUT2D eigenvalue weighted by Crippen LogP contribution is -2.56. The zero-order valence-corrected chi connectivity index (χ0v) is 11.8. The zero-order valence-electron chi connectivity index (χ0n) is 10.9. The summed E-state index contributed by atoms with van der Waals surface area (Å²) < 4.78 is 38.2. The number of hydrogen-bond donors (Lipinski definition) is 1. The summed E-state index contributed by atoms with van der Waals surface area (Å²) >= 11 is 4.39. The second-order valence-electron chi connectivity index (χ2n) is 4.59. The van der Waals surface area contributed by atoms with Crippen LogP contribution < -0.4 is 5.73 Å². The Hall–Kier alpha value is -1.38. The lowest BCUT2D eigenvalue weighted by molar-refractivity contribution is -0.167. The fourth-order valence-electron chi connectivity index (χ4n) is 1.92. The molecule has 0 aromatic heterocycles. The van der Waals surface area contributed by atoms with Crippen LogP contribution in [0.15, 0.2) is 0 Å². The van der Waals surface area contributed by atoms with Crippen LogP contribution in [0.1, 0.15) is 13.3 Å². The summed E-state index contributed by atoms with van der Waals surface area (Å²) in [5.74, 6) is -2.98. The van der Waals surface area contributed by atoms with Crippen LogP contribution in [0.4, 0.5) is 13.2 Å². The van der Waals surface area contributed by atoms with E-state index in [-0.39, 0.29) is 19.0 Å². The number of amides is 2. The van der Waals surface area contributed by atoms with Crippen LogP contribution in [0.3, 0.4) is 0 Å². The summed E-state index contributed by atoms with van der Waals surface area (Å²) in [5, 5.41) is 0. The molecule has 0 saturated carbocycles. The second kappa shape index (κ2) is 6.38. The minimum atomic E-state index is -4.63. The van der Waals surface area contributed by atoms with Crippen molar-refractivity contribution < 1.29 is 22.8 Å². The van der Waals surface area contributed by atoms with Gasteiger partial charge in [-0.1, -0.05) is 19.1 Å². The molecule has 5 nitrogen and oxygen atoms in total. The number of carbonyl (C=O) groups is 2. The number of thiocarbonyl (C=S) groups is 1. The first kappa shape index (κ1) is 16.7. The summed E-state index contributed by atoms with van der Waals surface area (Å²) in [6.45, 7) is 0.985. The molecule has 0 spiro atoms. The standard InChI is InChI=1S/C11H16F3N3O2S/c1-2-3-16-5-9(19)17(6-8(16)18)4-7(10(15)20)11(12,13)14/h7H,2-6H2,1H3,(H2,15,20). The van der Waals surface area contributed by atoms with Gasteiger partial charge in [0.15, 0.2) is 0 Å². The number of carbonyl (C=O) groups excluding carboxylic acids is 2. The monoisotopic (exact) mass is 311 g/mol. The quantitative estimate of drug-likeness (QED) is 0.752. The maximum absolute atomic E-state index is 12.7. The average molecular weight is 311 g/mol. The Balaban J connectivity index is 2.76. The number of rotatable bonds is 5. The van der Waals surface area contributed by atoms with Crippen LogP contribution in [0, 0.1) is 5.92 Å². The van der Waals surface area contributed by atoms with Gasteiger partial charge in [0, 0.05) is 13.1 Å². The summed E-state index contributed by atoms with van der Waals surface area (Å²) in [4.78, 5) is 25.0. The van der Waals surface area contributed by atoms with E-state index in [9.17, 15) is 22.8 Å².